The molecule has 28 heavy (non-hydrogen) atoms. The average molecular weight is 383 g/mol. The second-order valence-corrected chi connectivity index (χ2v) is 7.36. The third-order valence-electron chi connectivity index (χ3n) is 5.30. The molecule has 0 saturated carbocycles. The minimum Gasteiger partial charge on any atom is -0.356 e. The van der Waals surface area contributed by atoms with Crippen molar-refractivity contribution in [3.63, 3.8) is 0 Å². The van der Waals surface area contributed by atoms with Crippen molar-refractivity contribution in [2.45, 2.75) is 57.9 Å². The van der Waals surface area contributed by atoms with E-state index in [-0.39, 0.29) is 18.2 Å². The molecule has 0 spiro atoms. The van der Waals surface area contributed by atoms with Crippen molar-refractivity contribution in [2.24, 2.45) is 0 Å². The SMILES string of the molecule is CCCCCCCNC(=O)C[C@H](C(=O)N1CCc2ccccc21)n1ccnc1. The van der Waals surface area contributed by atoms with Crippen LogP contribution in [-0.4, -0.2) is 34.5 Å². The molecule has 1 aromatic carbocycles. The Balaban J connectivity index is 1.61. The summed E-state index contributed by atoms with van der Waals surface area (Å²) in [6.45, 7) is 3.51. The van der Waals surface area contributed by atoms with Gasteiger partial charge < -0.3 is 14.8 Å². The Morgan fingerprint density at radius 2 is 2.00 bits per heavy atom. The van der Waals surface area contributed by atoms with Gasteiger partial charge in [0.25, 0.3) is 5.91 Å². The normalized spacial score (nSPS) is 14.0. The largest absolute Gasteiger partial charge is 0.356 e. The van der Waals surface area contributed by atoms with Crippen molar-refractivity contribution >= 4 is 17.5 Å². The van der Waals surface area contributed by atoms with E-state index in [2.05, 4.69) is 23.3 Å². The van der Waals surface area contributed by atoms with Crippen LogP contribution in [0.1, 0.15) is 57.1 Å². The van der Waals surface area contributed by atoms with Gasteiger partial charge in [-0.15, -0.1) is 0 Å². The maximum absolute atomic E-state index is 13.3. The van der Waals surface area contributed by atoms with Crippen molar-refractivity contribution < 1.29 is 9.59 Å². The fraction of sp³-hybridized carbons (Fsp3) is 0.500. The van der Waals surface area contributed by atoms with Crippen molar-refractivity contribution in [1.82, 2.24) is 14.9 Å². The Hall–Kier alpha value is -2.63. The van der Waals surface area contributed by atoms with E-state index in [0.717, 1.165) is 24.9 Å². The van der Waals surface area contributed by atoms with Crippen LogP contribution in [0.2, 0.25) is 0 Å². The van der Waals surface area contributed by atoms with Gasteiger partial charge in [-0.2, -0.15) is 0 Å². The highest BCUT2D eigenvalue weighted by molar-refractivity contribution is 6.00. The number of anilines is 1. The fourth-order valence-electron chi connectivity index (χ4n) is 3.73. The van der Waals surface area contributed by atoms with E-state index in [1.165, 1.54) is 24.8 Å². The predicted molar refractivity (Wildman–Crippen MR) is 110 cm³/mol. The quantitative estimate of drug-likeness (QED) is 0.640. The Kier molecular flexibility index (Phi) is 7.23. The first-order valence-electron chi connectivity index (χ1n) is 10.3. The molecule has 0 radical (unpaired) electrons. The zero-order valence-corrected chi connectivity index (χ0v) is 16.6. The lowest BCUT2D eigenvalue weighted by molar-refractivity contribution is -0.128. The fourth-order valence-corrected chi connectivity index (χ4v) is 3.73. The van der Waals surface area contributed by atoms with Crippen LogP contribution in [0.3, 0.4) is 0 Å². The summed E-state index contributed by atoms with van der Waals surface area (Å²) in [5, 5.41) is 2.97. The molecule has 6 nitrogen and oxygen atoms in total. The molecule has 0 bridgehead atoms. The number of carbonyl (C=O) groups excluding carboxylic acids is 2. The lowest BCUT2D eigenvalue weighted by Crippen LogP contribution is -2.39. The van der Waals surface area contributed by atoms with Crippen molar-refractivity contribution in [1.29, 1.82) is 0 Å². The molecule has 3 rings (SSSR count). The van der Waals surface area contributed by atoms with Gasteiger partial charge in [0, 0.05) is 31.2 Å². The summed E-state index contributed by atoms with van der Waals surface area (Å²) in [6, 6.07) is 7.39. The molecule has 150 valence electrons. The van der Waals surface area contributed by atoms with Gasteiger partial charge in [-0.3, -0.25) is 9.59 Å². The number of nitrogens with zero attached hydrogens (tertiary/aromatic N) is 3. The van der Waals surface area contributed by atoms with Crippen molar-refractivity contribution in [2.75, 3.05) is 18.0 Å². The van der Waals surface area contributed by atoms with Crippen molar-refractivity contribution in [3.8, 4) is 0 Å². The lowest BCUT2D eigenvalue weighted by atomic mass is 10.1. The molecule has 2 aromatic rings. The first kappa shape index (κ1) is 20.1. The van der Waals surface area contributed by atoms with Crippen LogP contribution >= 0.6 is 0 Å². The van der Waals surface area contributed by atoms with Crippen molar-refractivity contribution in [3.05, 3.63) is 48.5 Å². The van der Waals surface area contributed by atoms with E-state index in [0.29, 0.717) is 13.1 Å². The molecule has 2 heterocycles. The molecule has 0 aliphatic carbocycles. The molecular formula is C22H30N4O2. The molecule has 1 atom stereocenters. The van der Waals surface area contributed by atoms with Crippen LogP contribution in [0.5, 0.6) is 0 Å². The summed E-state index contributed by atoms with van der Waals surface area (Å²) in [5.74, 6) is -0.143. The molecule has 1 aliphatic heterocycles. The third-order valence-corrected chi connectivity index (χ3v) is 5.30. The first-order chi connectivity index (χ1) is 13.7. The Morgan fingerprint density at radius 1 is 1.18 bits per heavy atom. The first-order valence-corrected chi connectivity index (χ1v) is 10.3. The standard InChI is InChI=1S/C22H30N4O2/c1-2-3-4-5-8-12-24-21(27)16-20(25-15-13-23-17-25)22(28)26-14-11-18-9-6-7-10-19(18)26/h6-7,9-10,13,15,17,20H,2-5,8,11-12,14,16H2,1H3,(H,24,27)/t20-/m1/s1. The number of unbranched alkanes of at least 4 members (excludes halogenated alkanes) is 4. The molecule has 2 amide bonds. The van der Waals surface area contributed by atoms with E-state index in [4.69, 9.17) is 0 Å². The number of aromatic nitrogens is 2. The number of benzene rings is 1. The number of fused-ring (bicyclic) bond motifs is 1. The summed E-state index contributed by atoms with van der Waals surface area (Å²) >= 11 is 0. The van der Waals surface area contributed by atoms with Crippen LogP contribution in [0, 0.1) is 0 Å². The highest BCUT2D eigenvalue weighted by atomic mass is 16.2. The van der Waals surface area contributed by atoms with Crippen LogP contribution < -0.4 is 10.2 Å². The molecule has 1 N–H and O–H groups in total. The topological polar surface area (TPSA) is 67.2 Å². The van der Waals surface area contributed by atoms with Gasteiger partial charge in [0.05, 0.1) is 12.7 Å². The average Bonchev–Trinajstić information content (AvgIpc) is 3.38. The summed E-state index contributed by atoms with van der Waals surface area (Å²) in [6.07, 6.45) is 11.7. The second kappa shape index (κ2) is 10.1. The molecule has 1 aliphatic rings. The maximum atomic E-state index is 13.3. The highest BCUT2D eigenvalue weighted by Crippen LogP contribution is 2.30. The number of hydrogen-bond acceptors (Lipinski definition) is 3. The summed E-state index contributed by atoms with van der Waals surface area (Å²) in [5.41, 5.74) is 2.13. The third kappa shape index (κ3) is 5.00. The Bertz CT molecular complexity index is 773. The molecule has 6 heteroatoms. The van der Waals surface area contributed by atoms with Gasteiger partial charge in [-0.1, -0.05) is 50.8 Å². The number of imidazole rings is 1. The van der Waals surface area contributed by atoms with Gasteiger partial charge in [-0.05, 0) is 24.5 Å². The molecule has 0 fully saturated rings. The van der Waals surface area contributed by atoms with Gasteiger partial charge in [0.15, 0.2) is 0 Å². The zero-order chi connectivity index (χ0) is 19.8. The zero-order valence-electron chi connectivity index (χ0n) is 16.6. The van der Waals surface area contributed by atoms with E-state index in [9.17, 15) is 9.59 Å². The lowest BCUT2D eigenvalue weighted by Gasteiger charge is -2.24. The second-order valence-electron chi connectivity index (χ2n) is 7.36. The van der Waals surface area contributed by atoms with Gasteiger partial charge in [-0.25, -0.2) is 4.98 Å². The molecule has 0 saturated heterocycles. The number of nitrogens with one attached hydrogen (secondary N) is 1. The number of para-hydroxylation sites is 1. The Morgan fingerprint density at radius 3 is 2.79 bits per heavy atom. The van der Waals surface area contributed by atoms with E-state index >= 15 is 0 Å². The number of hydrogen-bond donors (Lipinski definition) is 1. The van der Waals surface area contributed by atoms with Crippen LogP contribution in [0.25, 0.3) is 0 Å². The number of carbonyl (C=O) groups is 2. The summed E-state index contributed by atoms with van der Waals surface area (Å²) < 4.78 is 1.74. The monoisotopic (exact) mass is 382 g/mol. The minimum absolute atomic E-state index is 0.0546. The van der Waals surface area contributed by atoms with Crippen LogP contribution in [0.15, 0.2) is 43.0 Å². The number of amides is 2. The molecule has 0 unspecified atom stereocenters. The highest BCUT2D eigenvalue weighted by Gasteiger charge is 2.32. The smallest absolute Gasteiger partial charge is 0.250 e. The van der Waals surface area contributed by atoms with E-state index < -0.39 is 6.04 Å². The maximum Gasteiger partial charge on any atom is 0.250 e. The predicted octanol–water partition coefficient (Wildman–Crippen LogP) is 3.49. The van der Waals surface area contributed by atoms with Crippen LogP contribution in [-0.2, 0) is 16.0 Å². The number of rotatable bonds is 10. The van der Waals surface area contributed by atoms with Gasteiger partial charge >= 0.3 is 0 Å². The Labute approximate surface area is 166 Å². The van der Waals surface area contributed by atoms with E-state index in [1.54, 1.807) is 28.2 Å². The van der Waals surface area contributed by atoms with Gasteiger partial charge in [0.1, 0.15) is 6.04 Å². The van der Waals surface area contributed by atoms with Gasteiger partial charge in [0.2, 0.25) is 5.91 Å². The minimum atomic E-state index is -0.575. The molecule has 1 aromatic heterocycles. The van der Waals surface area contributed by atoms with E-state index in [1.807, 2.05) is 18.2 Å². The molecular weight excluding hydrogens is 352 g/mol. The summed E-state index contributed by atoms with van der Waals surface area (Å²) in [7, 11) is 0. The van der Waals surface area contributed by atoms with Crippen LogP contribution in [0.4, 0.5) is 5.69 Å². The summed E-state index contributed by atoms with van der Waals surface area (Å²) in [4.78, 5) is 31.6.